The van der Waals surface area contributed by atoms with E-state index in [-0.39, 0.29) is 0 Å². The first-order chi connectivity index (χ1) is 10.3. The quantitative estimate of drug-likeness (QED) is 0.775. The lowest BCUT2D eigenvalue weighted by atomic mass is 10.2. The molecular formula is C16H14ClN3O. The summed E-state index contributed by atoms with van der Waals surface area (Å²) >= 11 is 5.93. The van der Waals surface area contributed by atoms with Crippen molar-refractivity contribution in [3.63, 3.8) is 0 Å². The smallest absolute Gasteiger partial charge is 0.235 e. The summed E-state index contributed by atoms with van der Waals surface area (Å²) in [6.45, 7) is 0.474. The van der Waals surface area contributed by atoms with Crippen LogP contribution in [0.4, 0.5) is 5.69 Å². The van der Waals surface area contributed by atoms with E-state index in [0.717, 1.165) is 11.3 Å². The monoisotopic (exact) mass is 299 g/mol. The number of nitrogens with one attached hydrogen (secondary N) is 1. The summed E-state index contributed by atoms with van der Waals surface area (Å²) < 4.78 is 5.62. The van der Waals surface area contributed by atoms with Gasteiger partial charge in [0.05, 0.1) is 13.0 Å². The molecule has 106 valence electrons. The predicted octanol–water partition coefficient (Wildman–Crippen LogP) is 3.93. The molecule has 1 N–H and O–H groups in total. The SMILES string of the molecule is Clc1cccc(NCc2nnc(Cc3ccccc3)o2)c1. The molecule has 0 saturated heterocycles. The van der Waals surface area contributed by atoms with Crippen molar-refractivity contribution in [3.05, 3.63) is 77.0 Å². The van der Waals surface area contributed by atoms with Crippen LogP contribution in [0.15, 0.2) is 59.0 Å². The Bertz CT molecular complexity index is 712. The molecule has 5 heteroatoms. The number of halogens is 1. The third kappa shape index (κ3) is 3.83. The zero-order valence-electron chi connectivity index (χ0n) is 11.3. The molecule has 0 spiro atoms. The van der Waals surface area contributed by atoms with Gasteiger partial charge in [0, 0.05) is 10.7 Å². The van der Waals surface area contributed by atoms with E-state index in [4.69, 9.17) is 16.0 Å². The number of anilines is 1. The molecule has 0 atom stereocenters. The van der Waals surface area contributed by atoms with E-state index in [1.54, 1.807) is 0 Å². The van der Waals surface area contributed by atoms with E-state index < -0.39 is 0 Å². The molecule has 4 nitrogen and oxygen atoms in total. The van der Waals surface area contributed by atoms with Crippen LogP contribution in [0.25, 0.3) is 0 Å². The zero-order chi connectivity index (χ0) is 14.5. The van der Waals surface area contributed by atoms with Gasteiger partial charge in [-0.2, -0.15) is 0 Å². The second-order valence-electron chi connectivity index (χ2n) is 4.62. The highest BCUT2D eigenvalue weighted by Gasteiger charge is 2.06. The van der Waals surface area contributed by atoms with Crippen LogP contribution in [0.3, 0.4) is 0 Å². The van der Waals surface area contributed by atoms with Gasteiger partial charge in [0.2, 0.25) is 11.8 Å². The van der Waals surface area contributed by atoms with Crippen LogP contribution < -0.4 is 5.32 Å². The zero-order valence-corrected chi connectivity index (χ0v) is 12.0. The molecule has 2 aromatic carbocycles. The molecule has 0 saturated carbocycles. The van der Waals surface area contributed by atoms with Gasteiger partial charge in [-0.05, 0) is 23.8 Å². The molecule has 1 aromatic heterocycles. The number of hydrogen-bond donors (Lipinski definition) is 1. The van der Waals surface area contributed by atoms with Crippen molar-refractivity contribution in [2.24, 2.45) is 0 Å². The van der Waals surface area contributed by atoms with Gasteiger partial charge in [0.1, 0.15) is 0 Å². The highest BCUT2D eigenvalue weighted by atomic mass is 35.5. The molecule has 21 heavy (non-hydrogen) atoms. The van der Waals surface area contributed by atoms with Crippen LogP contribution in [0.1, 0.15) is 17.3 Å². The Morgan fingerprint density at radius 2 is 1.76 bits per heavy atom. The van der Waals surface area contributed by atoms with Crippen LogP contribution in [-0.2, 0) is 13.0 Å². The van der Waals surface area contributed by atoms with Crippen molar-refractivity contribution in [1.82, 2.24) is 10.2 Å². The van der Waals surface area contributed by atoms with Gasteiger partial charge in [-0.1, -0.05) is 48.0 Å². The second kappa shape index (κ2) is 6.41. The summed E-state index contributed by atoms with van der Waals surface area (Å²) in [6.07, 6.45) is 0.644. The summed E-state index contributed by atoms with van der Waals surface area (Å²) in [5, 5.41) is 12.0. The van der Waals surface area contributed by atoms with Crippen LogP contribution >= 0.6 is 11.6 Å². The fourth-order valence-corrected chi connectivity index (χ4v) is 2.17. The minimum atomic E-state index is 0.474. The largest absolute Gasteiger partial charge is 0.423 e. The molecule has 3 rings (SSSR count). The van der Waals surface area contributed by atoms with Gasteiger partial charge in [-0.25, -0.2) is 0 Å². The summed E-state index contributed by atoms with van der Waals surface area (Å²) in [5.41, 5.74) is 2.07. The first-order valence-corrected chi connectivity index (χ1v) is 7.02. The van der Waals surface area contributed by atoms with E-state index >= 15 is 0 Å². The van der Waals surface area contributed by atoms with E-state index in [2.05, 4.69) is 15.5 Å². The maximum Gasteiger partial charge on any atom is 0.235 e. The lowest BCUT2D eigenvalue weighted by molar-refractivity contribution is 0.464. The van der Waals surface area contributed by atoms with Crippen molar-refractivity contribution < 1.29 is 4.42 Å². The van der Waals surface area contributed by atoms with Gasteiger partial charge in [-0.3, -0.25) is 0 Å². The van der Waals surface area contributed by atoms with Crippen molar-refractivity contribution in [2.75, 3.05) is 5.32 Å². The average Bonchev–Trinajstić information content (AvgIpc) is 2.94. The Balaban J connectivity index is 1.60. The highest BCUT2D eigenvalue weighted by Crippen LogP contribution is 2.16. The lowest BCUT2D eigenvalue weighted by Crippen LogP contribution is -1.99. The summed E-state index contributed by atoms with van der Waals surface area (Å²) in [7, 11) is 0. The van der Waals surface area contributed by atoms with E-state index in [0.29, 0.717) is 29.8 Å². The lowest BCUT2D eigenvalue weighted by Gasteiger charge is -2.03. The molecule has 1 heterocycles. The minimum Gasteiger partial charge on any atom is -0.423 e. The number of aromatic nitrogens is 2. The van der Waals surface area contributed by atoms with Crippen molar-refractivity contribution in [1.29, 1.82) is 0 Å². The first kappa shape index (κ1) is 13.6. The van der Waals surface area contributed by atoms with Crippen molar-refractivity contribution in [2.45, 2.75) is 13.0 Å². The van der Waals surface area contributed by atoms with Crippen LogP contribution in [0, 0.1) is 0 Å². The Morgan fingerprint density at radius 3 is 2.57 bits per heavy atom. The number of hydrogen-bond acceptors (Lipinski definition) is 4. The average molecular weight is 300 g/mol. The van der Waals surface area contributed by atoms with Crippen LogP contribution in [0.5, 0.6) is 0 Å². The van der Waals surface area contributed by atoms with Gasteiger partial charge < -0.3 is 9.73 Å². The van der Waals surface area contributed by atoms with Crippen LogP contribution in [-0.4, -0.2) is 10.2 Å². The first-order valence-electron chi connectivity index (χ1n) is 6.64. The van der Waals surface area contributed by atoms with Crippen LogP contribution in [0.2, 0.25) is 5.02 Å². The number of nitrogens with zero attached hydrogens (tertiary/aromatic N) is 2. The molecule has 0 unspecified atom stereocenters. The Kier molecular flexibility index (Phi) is 4.17. The van der Waals surface area contributed by atoms with E-state index in [1.807, 2.05) is 54.6 Å². The molecule has 0 fully saturated rings. The van der Waals surface area contributed by atoms with E-state index in [1.165, 1.54) is 0 Å². The van der Waals surface area contributed by atoms with Gasteiger partial charge in [0.25, 0.3) is 0 Å². The van der Waals surface area contributed by atoms with Gasteiger partial charge >= 0.3 is 0 Å². The number of rotatable bonds is 5. The van der Waals surface area contributed by atoms with E-state index in [9.17, 15) is 0 Å². The van der Waals surface area contributed by atoms with Crippen molar-refractivity contribution in [3.8, 4) is 0 Å². The molecule has 0 radical (unpaired) electrons. The Labute approximate surface area is 127 Å². The predicted molar refractivity (Wildman–Crippen MR) is 82.3 cm³/mol. The summed E-state index contributed by atoms with van der Waals surface area (Å²) in [6, 6.07) is 17.5. The fraction of sp³-hybridized carbons (Fsp3) is 0.125. The molecule has 0 aliphatic carbocycles. The molecule has 0 amide bonds. The fourth-order valence-electron chi connectivity index (χ4n) is 1.98. The maximum absolute atomic E-state index is 5.93. The molecular weight excluding hydrogens is 286 g/mol. The molecule has 3 aromatic rings. The minimum absolute atomic E-state index is 0.474. The molecule has 0 bridgehead atoms. The highest BCUT2D eigenvalue weighted by molar-refractivity contribution is 6.30. The third-order valence-electron chi connectivity index (χ3n) is 2.98. The summed E-state index contributed by atoms with van der Waals surface area (Å²) in [5.74, 6) is 1.17. The van der Waals surface area contributed by atoms with Gasteiger partial charge in [-0.15, -0.1) is 10.2 Å². The summed E-state index contributed by atoms with van der Waals surface area (Å²) in [4.78, 5) is 0. The van der Waals surface area contributed by atoms with Crippen molar-refractivity contribution >= 4 is 17.3 Å². The molecule has 0 aliphatic rings. The second-order valence-corrected chi connectivity index (χ2v) is 5.05. The topological polar surface area (TPSA) is 51.0 Å². The Hall–Kier alpha value is -2.33. The third-order valence-corrected chi connectivity index (χ3v) is 3.21. The Morgan fingerprint density at radius 1 is 0.952 bits per heavy atom. The maximum atomic E-state index is 5.93. The molecule has 0 aliphatic heterocycles. The van der Waals surface area contributed by atoms with Gasteiger partial charge in [0.15, 0.2) is 0 Å². The normalized spacial score (nSPS) is 10.5. The standard InChI is InChI=1S/C16H14ClN3O/c17-13-7-4-8-14(10-13)18-11-16-20-19-15(21-16)9-12-5-2-1-3-6-12/h1-8,10,18H,9,11H2. The number of benzene rings is 2.